The molecular weight excluding hydrogens is 246 g/mol. The van der Waals surface area contributed by atoms with Gasteiger partial charge in [-0.1, -0.05) is 6.07 Å². The third-order valence-electron chi connectivity index (χ3n) is 3.07. The summed E-state index contributed by atoms with van der Waals surface area (Å²) in [5, 5.41) is 0. The number of primary amides is 1. The molecule has 0 saturated carbocycles. The maximum Gasteiger partial charge on any atom is 0.252 e. The summed E-state index contributed by atoms with van der Waals surface area (Å²) in [5.41, 5.74) is 11.9. The van der Waals surface area contributed by atoms with E-state index in [0.29, 0.717) is 23.6 Å². The van der Waals surface area contributed by atoms with Gasteiger partial charge in [0.15, 0.2) is 5.75 Å². The van der Waals surface area contributed by atoms with Gasteiger partial charge in [-0.2, -0.15) is 0 Å². The second kappa shape index (κ2) is 6.40. The maximum absolute atomic E-state index is 11.3. The third kappa shape index (κ3) is 3.59. The summed E-state index contributed by atoms with van der Waals surface area (Å²) in [6, 6.07) is 4.99. The molecule has 1 saturated heterocycles. The van der Waals surface area contributed by atoms with Crippen molar-refractivity contribution in [2.75, 3.05) is 45.2 Å². The molecule has 1 fully saturated rings. The summed E-state index contributed by atoms with van der Waals surface area (Å²) in [4.78, 5) is 13.5. The number of hydrogen-bond acceptors (Lipinski definition) is 5. The fourth-order valence-corrected chi connectivity index (χ4v) is 2.01. The monoisotopic (exact) mass is 265 g/mol. The van der Waals surface area contributed by atoms with E-state index in [1.54, 1.807) is 18.2 Å². The van der Waals surface area contributed by atoms with Crippen molar-refractivity contribution in [3.05, 3.63) is 23.8 Å². The van der Waals surface area contributed by atoms with E-state index in [-0.39, 0.29) is 0 Å². The number of morpholine rings is 1. The van der Waals surface area contributed by atoms with Gasteiger partial charge < -0.3 is 20.9 Å². The number of anilines is 1. The highest BCUT2D eigenvalue weighted by Gasteiger charge is 2.14. The Bertz CT molecular complexity index is 445. The molecule has 0 unspecified atom stereocenters. The second-order valence-corrected chi connectivity index (χ2v) is 4.39. The molecule has 6 nitrogen and oxygen atoms in total. The van der Waals surface area contributed by atoms with E-state index < -0.39 is 5.91 Å². The zero-order valence-corrected chi connectivity index (χ0v) is 10.8. The van der Waals surface area contributed by atoms with Crippen molar-refractivity contribution < 1.29 is 14.3 Å². The summed E-state index contributed by atoms with van der Waals surface area (Å²) in [7, 11) is 0. The molecule has 4 N–H and O–H groups in total. The van der Waals surface area contributed by atoms with Crippen molar-refractivity contribution >= 4 is 11.6 Å². The minimum atomic E-state index is -0.534. The quantitative estimate of drug-likeness (QED) is 0.736. The fourth-order valence-electron chi connectivity index (χ4n) is 2.01. The smallest absolute Gasteiger partial charge is 0.252 e. The highest BCUT2D eigenvalue weighted by atomic mass is 16.5. The van der Waals surface area contributed by atoms with Crippen LogP contribution in [0.15, 0.2) is 18.2 Å². The van der Waals surface area contributed by atoms with E-state index in [4.69, 9.17) is 20.9 Å². The minimum Gasteiger partial charge on any atom is -0.489 e. The molecule has 104 valence electrons. The number of hydrogen-bond donors (Lipinski definition) is 2. The summed E-state index contributed by atoms with van der Waals surface area (Å²) < 4.78 is 10.9. The van der Waals surface area contributed by atoms with Crippen LogP contribution in [-0.2, 0) is 4.74 Å². The number of rotatable bonds is 5. The van der Waals surface area contributed by atoms with Crippen LogP contribution in [0.25, 0.3) is 0 Å². The molecule has 1 amide bonds. The molecule has 1 aromatic rings. The Morgan fingerprint density at radius 3 is 2.79 bits per heavy atom. The first-order valence-corrected chi connectivity index (χ1v) is 6.29. The fraction of sp³-hybridized carbons (Fsp3) is 0.462. The number of benzene rings is 1. The predicted molar refractivity (Wildman–Crippen MR) is 72.1 cm³/mol. The van der Waals surface area contributed by atoms with Crippen LogP contribution in [0.4, 0.5) is 5.69 Å². The first-order valence-electron chi connectivity index (χ1n) is 6.29. The van der Waals surface area contributed by atoms with Crippen molar-refractivity contribution in [3.8, 4) is 5.75 Å². The van der Waals surface area contributed by atoms with Crippen LogP contribution in [0, 0.1) is 0 Å². The number of ether oxygens (including phenoxy) is 2. The van der Waals surface area contributed by atoms with Crippen molar-refractivity contribution in [1.82, 2.24) is 4.90 Å². The summed E-state index contributed by atoms with van der Waals surface area (Å²) in [6.45, 7) is 4.54. The van der Waals surface area contributed by atoms with Crippen LogP contribution in [-0.4, -0.2) is 50.3 Å². The van der Waals surface area contributed by atoms with Gasteiger partial charge in [-0.3, -0.25) is 9.69 Å². The number of nitrogens with zero attached hydrogens (tertiary/aromatic N) is 1. The van der Waals surface area contributed by atoms with Gasteiger partial charge in [-0.05, 0) is 12.1 Å². The van der Waals surface area contributed by atoms with Crippen LogP contribution in [0.2, 0.25) is 0 Å². The van der Waals surface area contributed by atoms with Crippen LogP contribution in [0.1, 0.15) is 10.4 Å². The summed E-state index contributed by atoms with van der Waals surface area (Å²) >= 11 is 0. The van der Waals surface area contributed by atoms with Gasteiger partial charge in [-0.25, -0.2) is 0 Å². The Morgan fingerprint density at radius 1 is 1.37 bits per heavy atom. The van der Waals surface area contributed by atoms with Gasteiger partial charge in [-0.15, -0.1) is 0 Å². The third-order valence-corrected chi connectivity index (χ3v) is 3.07. The molecule has 0 radical (unpaired) electrons. The van der Waals surface area contributed by atoms with Crippen LogP contribution in [0.5, 0.6) is 5.75 Å². The van der Waals surface area contributed by atoms with Crippen molar-refractivity contribution in [3.63, 3.8) is 0 Å². The Kier molecular flexibility index (Phi) is 4.59. The zero-order chi connectivity index (χ0) is 13.7. The Labute approximate surface area is 112 Å². The second-order valence-electron chi connectivity index (χ2n) is 4.39. The SMILES string of the molecule is NC(=O)c1cccc(N)c1OCCN1CCOCC1. The van der Waals surface area contributed by atoms with Crippen LogP contribution >= 0.6 is 0 Å². The zero-order valence-electron chi connectivity index (χ0n) is 10.8. The number of amides is 1. The van der Waals surface area contributed by atoms with Gasteiger partial charge in [0.05, 0.1) is 24.5 Å². The standard InChI is InChI=1S/C13H19N3O3/c14-11-3-1-2-10(13(15)17)12(11)19-9-6-16-4-7-18-8-5-16/h1-3H,4-9,14H2,(H2,15,17). The van der Waals surface area contributed by atoms with Crippen molar-refractivity contribution in [2.24, 2.45) is 5.73 Å². The Hall–Kier alpha value is -1.79. The van der Waals surface area contributed by atoms with E-state index in [1.807, 2.05) is 0 Å². The number of carbonyl (C=O) groups excluding carboxylic acids is 1. The van der Waals surface area contributed by atoms with Gasteiger partial charge in [0.25, 0.3) is 5.91 Å². The first-order chi connectivity index (χ1) is 9.18. The molecule has 0 spiro atoms. The average Bonchev–Trinajstić information content (AvgIpc) is 2.41. The number of nitrogen functional groups attached to an aromatic ring is 1. The highest BCUT2D eigenvalue weighted by molar-refractivity contribution is 5.97. The van der Waals surface area contributed by atoms with Gasteiger partial charge >= 0.3 is 0 Å². The largest absolute Gasteiger partial charge is 0.489 e. The lowest BCUT2D eigenvalue weighted by atomic mass is 10.1. The van der Waals surface area contributed by atoms with Crippen LogP contribution in [0.3, 0.4) is 0 Å². The number of nitrogens with two attached hydrogens (primary N) is 2. The highest BCUT2D eigenvalue weighted by Crippen LogP contribution is 2.25. The lowest BCUT2D eigenvalue weighted by molar-refractivity contribution is 0.0322. The topological polar surface area (TPSA) is 90.8 Å². The Morgan fingerprint density at radius 2 is 2.11 bits per heavy atom. The number of carbonyl (C=O) groups is 1. The molecule has 19 heavy (non-hydrogen) atoms. The molecule has 0 aromatic heterocycles. The van der Waals surface area contributed by atoms with E-state index >= 15 is 0 Å². The molecule has 6 heteroatoms. The summed E-state index contributed by atoms with van der Waals surface area (Å²) in [6.07, 6.45) is 0. The average molecular weight is 265 g/mol. The van der Waals surface area contributed by atoms with E-state index in [2.05, 4.69) is 4.90 Å². The normalized spacial score (nSPS) is 16.2. The molecule has 1 aromatic carbocycles. The Balaban J connectivity index is 1.93. The first kappa shape index (κ1) is 13.6. The van der Waals surface area contributed by atoms with Crippen molar-refractivity contribution in [2.45, 2.75) is 0 Å². The lowest BCUT2D eigenvalue weighted by Crippen LogP contribution is -2.38. The molecule has 0 atom stereocenters. The molecular formula is C13H19N3O3. The van der Waals surface area contributed by atoms with E-state index in [0.717, 1.165) is 32.8 Å². The lowest BCUT2D eigenvalue weighted by Gasteiger charge is -2.26. The van der Waals surface area contributed by atoms with Gasteiger partial charge in [0.2, 0.25) is 0 Å². The minimum absolute atomic E-state index is 0.321. The molecule has 0 aliphatic carbocycles. The van der Waals surface area contributed by atoms with E-state index in [9.17, 15) is 4.79 Å². The summed E-state index contributed by atoms with van der Waals surface area (Å²) in [5.74, 6) is -0.156. The van der Waals surface area contributed by atoms with E-state index in [1.165, 1.54) is 0 Å². The molecule has 1 aliphatic heterocycles. The van der Waals surface area contributed by atoms with Crippen LogP contribution < -0.4 is 16.2 Å². The predicted octanol–water partition coefficient (Wildman–Crippen LogP) is 0.0787. The molecule has 0 bridgehead atoms. The molecule has 1 heterocycles. The van der Waals surface area contributed by atoms with Gasteiger partial charge in [0.1, 0.15) is 6.61 Å². The molecule has 2 rings (SSSR count). The molecule has 1 aliphatic rings. The van der Waals surface area contributed by atoms with Gasteiger partial charge in [0, 0.05) is 19.6 Å². The van der Waals surface area contributed by atoms with Crippen molar-refractivity contribution in [1.29, 1.82) is 0 Å². The number of para-hydroxylation sites is 1. The maximum atomic E-state index is 11.3.